The SMILES string of the molecule is C[NH+](C)CC[NH+](C)Cc1ccc(F)c(Br)c1. The van der Waals surface area contributed by atoms with Crippen molar-refractivity contribution in [3.63, 3.8) is 0 Å². The minimum atomic E-state index is -0.195. The van der Waals surface area contributed by atoms with E-state index >= 15 is 0 Å². The molecule has 16 heavy (non-hydrogen) atoms. The number of nitrogens with one attached hydrogen (secondary N) is 2. The Morgan fingerprint density at radius 1 is 1.19 bits per heavy atom. The van der Waals surface area contributed by atoms with E-state index in [1.807, 2.05) is 12.1 Å². The van der Waals surface area contributed by atoms with Crippen LogP contribution in [0.3, 0.4) is 0 Å². The largest absolute Gasteiger partial charge is 0.335 e. The fraction of sp³-hybridized carbons (Fsp3) is 0.500. The molecule has 0 aliphatic rings. The highest BCUT2D eigenvalue weighted by molar-refractivity contribution is 9.10. The second-order valence-corrected chi connectivity index (χ2v) is 5.44. The molecule has 0 heterocycles. The highest BCUT2D eigenvalue weighted by Gasteiger charge is 2.07. The Morgan fingerprint density at radius 3 is 2.44 bits per heavy atom. The topological polar surface area (TPSA) is 8.88 Å². The van der Waals surface area contributed by atoms with Gasteiger partial charge in [-0.05, 0) is 28.1 Å². The third kappa shape index (κ3) is 4.60. The molecule has 1 rings (SSSR count). The molecule has 1 aromatic rings. The summed E-state index contributed by atoms with van der Waals surface area (Å²) in [7, 11) is 6.48. The molecule has 4 heteroatoms. The van der Waals surface area contributed by atoms with Crippen LogP contribution in [0.5, 0.6) is 0 Å². The lowest BCUT2D eigenvalue weighted by Crippen LogP contribution is -3.15. The van der Waals surface area contributed by atoms with Crippen LogP contribution in [0.1, 0.15) is 5.56 Å². The first-order chi connectivity index (χ1) is 7.49. The number of benzene rings is 1. The average molecular weight is 291 g/mol. The molecule has 1 atom stereocenters. The van der Waals surface area contributed by atoms with Crippen LogP contribution >= 0.6 is 15.9 Å². The number of quaternary nitrogens is 2. The fourth-order valence-electron chi connectivity index (χ4n) is 1.55. The summed E-state index contributed by atoms with van der Waals surface area (Å²) in [6.07, 6.45) is 0. The van der Waals surface area contributed by atoms with Crippen molar-refractivity contribution >= 4 is 15.9 Å². The van der Waals surface area contributed by atoms with Gasteiger partial charge < -0.3 is 9.80 Å². The van der Waals surface area contributed by atoms with Gasteiger partial charge in [0.1, 0.15) is 25.5 Å². The molecule has 0 radical (unpaired) electrons. The fourth-order valence-corrected chi connectivity index (χ4v) is 1.98. The molecule has 2 N–H and O–H groups in total. The minimum Gasteiger partial charge on any atom is -0.335 e. The first kappa shape index (κ1) is 13.6. The van der Waals surface area contributed by atoms with Crippen molar-refractivity contribution in [2.45, 2.75) is 6.54 Å². The van der Waals surface area contributed by atoms with E-state index in [0.29, 0.717) is 4.47 Å². The molecule has 0 aromatic heterocycles. The van der Waals surface area contributed by atoms with E-state index in [2.05, 4.69) is 37.1 Å². The van der Waals surface area contributed by atoms with Crippen molar-refractivity contribution in [1.29, 1.82) is 0 Å². The standard InChI is InChI=1S/C12H18BrFN2/c1-15(2)6-7-16(3)9-10-4-5-12(14)11(13)8-10/h4-5,8H,6-7,9H2,1-3H3/p+2. The second kappa shape index (κ2) is 6.33. The molecule has 0 bridgehead atoms. The quantitative estimate of drug-likeness (QED) is 0.740. The molecule has 1 aromatic carbocycles. The van der Waals surface area contributed by atoms with Gasteiger partial charge in [-0.25, -0.2) is 4.39 Å². The summed E-state index contributed by atoms with van der Waals surface area (Å²) >= 11 is 3.21. The maximum atomic E-state index is 13.0. The summed E-state index contributed by atoms with van der Waals surface area (Å²) in [6.45, 7) is 3.21. The zero-order valence-electron chi connectivity index (χ0n) is 10.1. The van der Waals surface area contributed by atoms with Crippen LogP contribution in [0.2, 0.25) is 0 Å². The first-order valence-corrected chi connectivity index (χ1v) is 6.32. The molecule has 0 amide bonds. The molecular weight excluding hydrogens is 271 g/mol. The number of hydrogen-bond acceptors (Lipinski definition) is 0. The monoisotopic (exact) mass is 290 g/mol. The minimum absolute atomic E-state index is 0.195. The average Bonchev–Trinajstić information content (AvgIpc) is 2.21. The maximum Gasteiger partial charge on any atom is 0.137 e. The van der Waals surface area contributed by atoms with Gasteiger partial charge in [0.15, 0.2) is 0 Å². The van der Waals surface area contributed by atoms with Crippen LogP contribution < -0.4 is 9.80 Å². The molecule has 0 fully saturated rings. The van der Waals surface area contributed by atoms with Gasteiger partial charge in [-0.1, -0.05) is 6.07 Å². The highest BCUT2D eigenvalue weighted by Crippen LogP contribution is 2.16. The number of halogens is 2. The maximum absolute atomic E-state index is 13.0. The summed E-state index contributed by atoms with van der Waals surface area (Å²) in [5.74, 6) is -0.195. The van der Waals surface area contributed by atoms with Crippen LogP contribution in [0.15, 0.2) is 22.7 Å². The van der Waals surface area contributed by atoms with E-state index in [1.165, 1.54) is 21.4 Å². The van der Waals surface area contributed by atoms with Gasteiger partial charge in [0.05, 0.1) is 25.6 Å². The lowest BCUT2D eigenvalue weighted by Gasteiger charge is -2.15. The third-order valence-corrected chi connectivity index (χ3v) is 3.15. The summed E-state index contributed by atoms with van der Waals surface area (Å²) in [4.78, 5) is 2.90. The van der Waals surface area contributed by atoms with Gasteiger partial charge in [0.2, 0.25) is 0 Å². The Hall–Kier alpha value is -0.450. The number of likely N-dealkylation sites (N-methyl/N-ethyl adjacent to an activating group) is 2. The summed E-state index contributed by atoms with van der Waals surface area (Å²) in [6, 6.07) is 5.23. The van der Waals surface area contributed by atoms with E-state index in [1.54, 1.807) is 0 Å². The molecule has 0 saturated heterocycles. The van der Waals surface area contributed by atoms with Gasteiger partial charge in [0, 0.05) is 5.56 Å². The van der Waals surface area contributed by atoms with E-state index in [4.69, 9.17) is 0 Å². The smallest absolute Gasteiger partial charge is 0.137 e. The van der Waals surface area contributed by atoms with Crippen molar-refractivity contribution in [3.8, 4) is 0 Å². The van der Waals surface area contributed by atoms with Gasteiger partial charge in [0.25, 0.3) is 0 Å². The Kier molecular flexibility index (Phi) is 5.38. The van der Waals surface area contributed by atoms with Gasteiger partial charge in [-0.2, -0.15) is 0 Å². The van der Waals surface area contributed by atoms with E-state index in [0.717, 1.165) is 19.6 Å². The number of rotatable bonds is 5. The Morgan fingerprint density at radius 2 is 1.88 bits per heavy atom. The van der Waals surface area contributed by atoms with Crippen LogP contribution in [0, 0.1) is 5.82 Å². The Labute approximate surface area is 105 Å². The molecule has 2 nitrogen and oxygen atoms in total. The van der Waals surface area contributed by atoms with Gasteiger partial charge in [-0.3, -0.25) is 0 Å². The first-order valence-electron chi connectivity index (χ1n) is 5.53. The Bertz CT molecular complexity index is 342. The molecule has 0 aliphatic heterocycles. The highest BCUT2D eigenvalue weighted by atomic mass is 79.9. The number of hydrogen-bond donors (Lipinski definition) is 2. The van der Waals surface area contributed by atoms with Crippen molar-refractivity contribution in [3.05, 3.63) is 34.1 Å². The van der Waals surface area contributed by atoms with Crippen LogP contribution in [-0.4, -0.2) is 34.2 Å². The van der Waals surface area contributed by atoms with Crippen molar-refractivity contribution < 1.29 is 14.2 Å². The predicted molar refractivity (Wildman–Crippen MR) is 67.2 cm³/mol. The normalized spacial score (nSPS) is 13.1. The zero-order chi connectivity index (χ0) is 12.1. The molecule has 0 saturated carbocycles. The second-order valence-electron chi connectivity index (χ2n) is 4.59. The van der Waals surface area contributed by atoms with Crippen LogP contribution in [-0.2, 0) is 6.54 Å². The predicted octanol–water partition coefficient (Wildman–Crippen LogP) is -0.253. The van der Waals surface area contributed by atoms with Crippen molar-refractivity contribution in [2.24, 2.45) is 0 Å². The van der Waals surface area contributed by atoms with E-state index in [-0.39, 0.29) is 5.82 Å². The van der Waals surface area contributed by atoms with Crippen molar-refractivity contribution in [1.82, 2.24) is 0 Å². The molecule has 0 aliphatic carbocycles. The van der Waals surface area contributed by atoms with Gasteiger partial charge in [-0.15, -0.1) is 0 Å². The van der Waals surface area contributed by atoms with Gasteiger partial charge >= 0.3 is 0 Å². The summed E-state index contributed by atoms with van der Waals surface area (Å²) in [5.41, 5.74) is 1.17. The van der Waals surface area contributed by atoms with E-state index < -0.39 is 0 Å². The summed E-state index contributed by atoms with van der Waals surface area (Å²) in [5, 5.41) is 0. The zero-order valence-corrected chi connectivity index (χ0v) is 11.7. The molecule has 1 unspecified atom stereocenters. The van der Waals surface area contributed by atoms with Crippen LogP contribution in [0.4, 0.5) is 4.39 Å². The van der Waals surface area contributed by atoms with E-state index in [9.17, 15) is 4.39 Å². The lowest BCUT2D eigenvalue weighted by atomic mass is 10.2. The third-order valence-electron chi connectivity index (χ3n) is 2.54. The molecular formula is C12H20BrFN2+2. The van der Waals surface area contributed by atoms with Crippen LogP contribution in [0.25, 0.3) is 0 Å². The van der Waals surface area contributed by atoms with Crippen molar-refractivity contribution in [2.75, 3.05) is 34.2 Å². The summed E-state index contributed by atoms with van der Waals surface area (Å²) < 4.78 is 13.6. The lowest BCUT2D eigenvalue weighted by molar-refractivity contribution is -0.937. The Balaban J connectivity index is 2.49. The molecule has 90 valence electrons. The molecule has 0 spiro atoms.